The van der Waals surface area contributed by atoms with Crippen molar-refractivity contribution in [3.8, 4) is 0 Å². The molecule has 0 spiro atoms. The molecule has 28 heavy (non-hydrogen) atoms. The third-order valence-electron chi connectivity index (χ3n) is 5.70. The molecule has 0 amide bonds. The van der Waals surface area contributed by atoms with E-state index in [4.69, 9.17) is 4.74 Å². The summed E-state index contributed by atoms with van der Waals surface area (Å²) < 4.78 is 6.06. The summed E-state index contributed by atoms with van der Waals surface area (Å²) in [6.07, 6.45) is 2.39. The summed E-state index contributed by atoms with van der Waals surface area (Å²) in [6, 6.07) is 32.4. The van der Waals surface area contributed by atoms with Crippen molar-refractivity contribution in [3.63, 3.8) is 0 Å². The lowest BCUT2D eigenvalue weighted by Gasteiger charge is -2.46. The van der Waals surface area contributed by atoms with Gasteiger partial charge in [-0.25, -0.2) is 0 Å². The van der Waals surface area contributed by atoms with Crippen molar-refractivity contribution in [2.45, 2.75) is 18.6 Å². The molecule has 0 saturated carbocycles. The molecule has 0 N–H and O–H groups in total. The third kappa shape index (κ3) is 2.54. The fraction of sp³-hybridized carbons (Fsp3) is 0.200. The molecule has 0 aromatic heterocycles. The van der Waals surface area contributed by atoms with E-state index in [0.717, 1.165) is 19.0 Å². The Bertz CT molecular complexity index is 873. The molecule has 1 fully saturated rings. The maximum atomic E-state index is 6.06. The molecule has 2 aliphatic rings. The zero-order valence-electron chi connectivity index (χ0n) is 16.0. The minimum Gasteiger partial charge on any atom is -0.473 e. The molecule has 3 heteroatoms. The normalized spacial score (nSPS) is 19.2. The summed E-state index contributed by atoms with van der Waals surface area (Å²) in [6.45, 7) is 3.80. The van der Waals surface area contributed by atoms with E-state index in [2.05, 4.69) is 114 Å². The molecule has 1 atom stereocenters. The Hall–Kier alpha value is -3.04. The van der Waals surface area contributed by atoms with E-state index in [1.807, 2.05) is 0 Å². The number of nitrogens with zero attached hydrogens (tertiary/aromatic N) is 2. The summed E-state index contributed by atoms with van der Waals surface area (Å²) in [5.41, 5.74) is 3.32. The number of rotatable bonds is 4. The van der Waals surface area contributed by atoms with E-state index in [1.165, 1.54) is 16.7 Å². The zero-order chi connectivity index (χ0) is 19.0. The molecule has 1 saturated heterocycles. The first kappa shape index (κ1) is 17.1. The molecule has 1 unspecified atom stereocenters. The molecule has 2 heterocycles. The topological polar surface area (TPSA) is 15.7 Å². The second-order valence-electron chi connectivity index (χ2n) is 7.44. The van der Waals surface area contributed by atoms with Gasteiger partial charge in [-0.05, 0) is 29.7 Å². The maximum Gasteiger partial charge on any atom is 0.201 e. The van der Waals surface area contributed by atoms with Crippen LogP contribution in [0.1, 0.15) is 23.6 Å². The van der Waals surface area contributed by atoms with Crippen molar-refractivity contribution in [1.82, 2.24) is 10.0 Å². The number of hydrogen-bond donors (Lipinski definition) is 0. The van der Waals surface area contributed by atoms with Crippen LogP contribution in [-0.2, 0) is 10.3 Å². The summed E-state index contributed by atoms with van der Waals surface area (Å²) >= 11 is 0. The lowest BCUT2D eigenvalue weighted by Crippen LogP contribution is -2.53. The van der Waals surface area contributed by atoms with Gasteiger partial charge in [0.2, 0.25) is 5.88 Å². The van der Waals surface area contributed by atoms with Crippen LogP contribution < -0.4 is 0 Å². The van der Waals surface area contributed by atoms with Crippen molar-refractivity contribution in [1.29, 1.82) is 0 Å². The minimum atomic E-state index is -0.435. The van der Waals surface area contributed by atoms with Crippen LogP contribution in [0.3, 0.4) is 0 Å². The van der Waals surface area contributed by atoms with Gasteiger partial charge in [-0.1, -0.05) is 91.0 Å². The van der Waals surface area contributed by atoms with Crippen molar-refractivity contribution in [3.05, 3.63) is 120 Å². The Morgan fingerprint density at radius 3 is 1.68 bits per heavy atom. The Kier molecular flexibility index (Phi) is 4.18. The SMILES string of the molecule is CC1CN2C(=CCN2C(c2ccccc2)(c2ccccc2)c2ccccc2)O1. The van der Waals surface area contributed by atoms with E-state index in [1.54, 1.807) is 0 Å². The lowest BCUT2D eigenvalue weighted by molar-refractivity contribution is -0.0245. The molecule has 140 valence electrons. The highest BCUT2D eigenvalue weighted by Gasteiger charge is 2.49. The molecule has 3 aromatic rings. The van der Waals surface area contributed by atoms with Crippen LogP contribution in [-0.4, -0.2) is 29.2 Å². The highest BCUT2D eigenvalue weighted by atomic mass is 16.5. The van der Waals surface area contributed by atoms with Gasteiger partial charge >= 0.3 is 0 Å². The van der Waals surface area contributed by atoms with Gasteiger partial charge in [0.15, 0.2) is 0 Å². The van der Waals surface area contributed by atoms with E-state index >= 15 is 0 Å². The summed E-state index contributed by atoms with van der Waals surface area (Å²) in [5, 5.41) is 4.78. The van der Waals surface area contributed by atoms with Gasteiger partial charge < -0.3 is 4.74 Å². The highest BCUT2D eigenvalue weighted by molar-refractivity contribution is 5.50. The van der Waals surface area contributed by atoms with Crippen LogP contribution in [0.2, 0.25) is 0 Å². The molecule has 3 aromatic carbocycles. The predicted molar refractivity (Wildman–Crippen MR) is 111 cm³/mol. The van der Waals surface area contributed by atoms with Gasteiger partial charge in [0.25, 0.3) is 0 Å². The first-order valence-corrected chi connectivity index (χ1v) is 9.88. The van der Waals surface area contributed by atoms with Crippen LogP contribution in [0.15, 0.2) is 103 Å². The number of fused-ring (bicyclic) bond motifs is 1. The largest absolute Gasteiger partial charge is 0.473 e. The molecule has 0 radical (unpaired) electrons. The molecule has 0 bridgehead atoms. The van der Waals surface area contributed by atoms with Gasteiger partial charge in [0.05, 0.1) is 6.54 Å². The van der Waals surface area contributed by atoms with E-state index in [0.29, 0.717) is 0 Å². The molecular formula is C25H24N2O. The molecule has 5 rings (SSSR count). The molecular weight excluding hydrogens is 344 g/mol. The van der Waals surface area contributed by atoms with Crippen LogP contribution in [0.5, 0.6) is 0 Å². The van der Waals surface area contributed by atoms with Crippen molar-refractivity contribution >= 4 is 0 Å². The van der Waals surface area contributed by atoms with Crippen molar-refractivity contribution in [2.24, 2.45) is 0 Å². The number of benzene rings is 3. The molecule has 0 aliphatic carbocycles. The van der Waals surface area contributed by atoms with Crippen LogP contribution >= 0.6 is 0 Å². The second-order valence-corrected chi connectivity index (χ2v) is 7.44. The quantitative estimate of drug-likeness (QED) is 0.617. The van der Waals surface area contributed by atoms with Crippen molar-refractivity contribution < 1.29 is 4.74 Å². The van der Waals surface area contributed by atoms with E-state index < -0.39 is 5.54 Å². The number of ether oxygens (including phenoxy) is 1. The fourth-order valence-corrected chi connectivity index (χ4v) is 4.58. The second kappa shape index (κ2) is 6.84. The Morgan fingerprint density at radius 1 is 0.750 bits per heavy atom. The first-order valence-electron chi connectivity index (χ1n) is 9.88. The average Bonchev–Trinajstić information content (AvgIpc) is 3.31. The standard InChI is InChI=1S/C25H24N2O/c1-20-19-26-24(28-20)17-18-27(26)25(21-11-5-2-6-12-21,22-13-7-3-8-14-22)23-15-9-4-10-16-23/h2-17,20H,18-19H2,1H3. The summed E-state index contributed by atoms with van der Waals surface area (Å²) in [4.78, 5) is 0. The van der Waals surface area contributed by atoms with Gasteiger partial charge in [-0.3, -0.25) is 5.01 Å². The summed E-state index contributed by atoms with van der Waals surface area (Å²) in [5.74, 6) is 0.972. The average molecular weight is 368 g/mol. The fourth-order valence-electron chi connectivity index (χ4n) is 4.58. The summed E-state index contributed by atoms with van der Waals surface area (Å²) in [7, 11) is 0. The third-order valence-corrected chi connectivity index (χ3v) is 5.70. The molecule has 3 nitrogen and oxygen atoms in total. The Morgan fingerprint density at radius 2 is 1.21 bits per heavy atom. The Labute approximate surface area is 166 Å². The predicted octanol–water partition coefficient (Wildman–Crippen LogP) is 4.77. The van der Waals surface area contributed by atoms with Gasteiger partial charge in [0, 0.05) is 6.54 Å². The zero-order valence-corrected chi connectivity index (χ0v) is 16.0. The van der Waals surface area contributed by atoms with E-state index in [-0.39, 0.29) is 6.10 Å². The van der Waals surface area contributed by atoms with E-state index in [9.17, 15) is 0 Å². The van der Waals surface area contributed by atoms with Crippen molar-refractivity contribution in [2.75, 3.05) is 13.1 Å². The Balaban J connectivity index is 1.79. The number of hydrogen-bond acceptors (Lipinski definition) is 3. The van der Waals surface area contributed by atoms with Crippen LogP contribution in [0, 0.1) is 0 Å². The van der Waals surface area contributed by atoms with Gasteiger partial charge in [-0.15, -0.1) is 0 Å². The minimum absolute atomic E-state index is 0.189. The van der Waals surface area contributed by atoms with Gasteiger partial charge in [-0.2, -0.15) is 5.01 Å². The monoisotopic (exact) mass is 368 g/mol. The smallest absolute Gasteiger partial charge is 0.201 e. The van der Waals surface area contributed by atoms with Crippen LogP contribution in [0.25, 0.3) is 0 Å². The van der Waals surface area contributed by atoms with Gasteiger partial charge in [0.1, 0.15) is 11.6 Å². The highest BCUT2D eigenvalue weighted by Crippen LogP contribution is 2.46. The maximum absolute atomic E-state index is 6.06. The number of hydrazine groups is 1. The first-order chi connectivity index (χ1) is 13.8. The van der Waals surface area contributed by atoms with Crippen LogP contribution in [0.4, 0.5) is 0 Å². The lowest BCUT2D eigenvalue weighted by atomic mass is 9.76. The molecule has 2 aliphatic heterocycles.